The summed E-state index contributed by atoms with van der Waals surface area (Å²) >= 11 is 0. The van der Waals surface area contributed by atoms with Gasteiger partial charge in [0.15, 0.2) is 0 Å². The van der Waals surface area contributed by atoms with E-state index in [9.17, 15) is 4.79 Å². The lowest BCUT2D eigenvalue weighted by Crippen LogP contribution is -2.26. The number of carbonyl (C=O) groups excluding carboxylic acids is 1. The minimum atomic E-state index is -0.155. The highest BCUT2D eigenvalue weighted by atomic mass is 16.2. The maximum absolute atomic E-state index is 12.1. The summed E-state index contributed by atoms with van der Waals surface area (Å²) in [4.78, 5) is 12.1. The largest absolute Gasteiger partial charge is 0.384 e. The molecule has 108 valence electrons. The Bertz CT molecular complexity index is 678. The highest BCUT2D eigenvalue weighted by Gasteiger charge is 2.14. The fourth-order valence-corrected chi connectivity index (χ4v) is 1.93. The first-order chi connectivity index (χ1) is 10.1. The van der Waals surface area contributed by atoms with Gasteiger partial charge in [-0.25, -0.2) is 0 Å². The van der Waals surface area contributed by atoms with Crippen LogP contribution in [0.2, 0.25) is 0 Å². The molecule has 0 aliphatic carbocycles. The topological polar surface area (TPSA) is 78.0 Å². The number of nitrogens with zero attached hydrogens (tertiary/aromatic N) is 1. The van der Waals surface area contributed by atoms with Gasteiger partial charge in [-0.05, 0) is 31.5 Å². The van der Waals surface area contributed by atoms with Crippen LogP contribution in [-0.2, 0) is 0 Å². The second kappa shape index (κ2) is 6.73. The average Bonchev–Trinajstić information content (AvgIpc) is 2.91. The molecule has 0 spiro atoms. The number of carbonyl (C=O) groups is 1. The fraction of sp³-hybridized carbons (Fsp3) is 0.250. The number of nitrogens with one attached hydrogen (secondary N) is 2. The Kier molecular flexibility index (Phi) is 4.75. The minimum absolute atomic E-state index is 0.119. The first-order valence-electron chi connectivity index (χ1n) is 6.62. The summed E-state index contributed by atoms with van der Waals surface area (Å²) in [7, 11) is 0. The fourth-order valence-electron chi connectivity index (χ4n) is 1.93. The monoisotopic (exact) mass is 283 g/mol. The van der Waals surface area contributed by atoms with Gasteiger partial charge in [-0.15, -0.1) is 0 Å². The molecule has 3 N–H and O–H groups in total. The van der Waals surface area contributed by atoms with Crippen molar-refractivity contribution in [1.29, 1.82) is 0 Å². The van der Waals surface area contributed by atoms with Gasteiger partial charge in [-0.2, -0.15) is 5.10 Å². The number of aliphatic hydroxyl groups excluding tert-OH is 1. The number of aromatic nitrogens is 2. The van der Waals surface area contributed by atoms with E-state index in [1.807, 2.05) is 31.2 Å². The third-order valence-corrected chi connectivity index (χ3v) is 3.14. The molecule has 1 aromatic carbocycles. The van der Waals surface area contributed by atoms with Gasteiger partial charge in [0.2, 0.25) is 0 Å². The van der Waals surface area contributed by atoms with Crippen molar-refractivity contribution < 1.29 is 9.90 Å². The zero-order valence-electron chi connectivity index (χ0n) is 12.0. The number of rotatable bonds is 3. The number of hydrogen-bond donors (Lipinski definition) is 3. The first-order valence-corrected chi connectivity index (χ1v) is 6.62. The van der Waals surface area contributed by atoms with Crippen LogP contribution in [0.3, 0.4) is 0 Å². The van der Waals surface area contributed by atoms with Gasteiger partial charge in [0.25, 0.3) is 5.91 Å². The second-order valence-corrected chi connectivity index (χ2v) is 4.69. The molecule has 0 bridgehead atoms. The molecule has 2 aromatic rings. The molecule has 21 heavy (non-hydrogen) atoms. The highest BCUT2D eigenvalue weighted by molar-refractivity contribution is 5.95. The predicted molar refractivity (Wildman–Crippen MR) is 79.6 cm³/mol. The zero-order valence-corrected chi connectivity index (χ0v) is 12.0. The smallest absolute Gasteiger partial charge is 0.255 e. The lowest BCUT2D eigenvalue weighted by Gasteiger charge is -2.14. The number of H-pyrrole nitrogens is 1. The van der Waals surface area contributed by atoms with Gasteiger partial charge < -0.3 is 10.4 Å². The summed E-state index contributed by atoms with van der Waals surface area (Å²) in [5.74, 6) is 5.27. The predicted octanol–water partition coefficient (Wildman–Crippen LogP) is 1.55. The summed E-state index contributed by atoms with van der Waals surface area (Å²) in [6, 6.07) is 7.43. The number of amides is 1. The van der Waals surface area contributed by atoms with Crippen LogP contribution in [0.5, 0.6) is 0 Å². The molecule has 5 heteroatoms. The standard InChI is InChI=1S/C16H17N3O2/c1-11(18-16(21)15-10-17-19-12(15)2)14-7-5-13(6-8-14)4-3-9-20/h5-8,10-11,20H,9H2,1-2H3,(H,17,19)(H,18,21). The van der Waals surface area contributed by atoms with Crippen molar-refractivity contribution in [2.75, 3.05) is 6.61 Å². The lowest BCUT2D eigenvalue weighted by atomic mass is 10.1. The molecule has 0 saturated carbocycles. The minimum Gasteiger partial charge on any atom is -0.384 e. The van der Waals surface area contributed by atoms with Crippen LogP contribution in [0.25, 0.3) is 0 Å². The average molecular weight is 283 g/mol. The molecule has 1 atom stereocenters. The Morgan fingerprint density at radius 3 is 2.71 bits per heavy atom. The maximum atomic E-state index is 12.1. The van der Waals surface area contributed by atoms with Crippen molar-refractivity contribution in [3.8, 4) is 11.8 Å². The van der Waals surface area contributed by atoms with Crippen LogP contribution in [0.1, 0.15) is 40.1 Å². The van der Waals surface area contributed by atoms with E-state index in [4.69, 9.17) is 5.11 Å². The van der Waals surface area contributed by atoms with Gasteiger partial charge >= 0.3 is 0 Å². The van der Waals surface area contributed by atoms with E-state index in [1.54, 1.807) is 6.92 Å². The Morgan fingerprint density at radius 1 is 1.43 bits per heavy atom. The Morgan fingerprint density at radius 2 is 2.14 bits per heavy atom. The zero-order chi connectivity index (χ0) is 15.2. The molecule has 5 nitrogen and oxygen atoms in total. The molecule has 0 aliphatic rings. The molecular weight excluding hydrogens is 266 g/mol. The van der Waals surface area contributed by atoms with E-state index in [1.165, 1.54) is 6.20 Å². The van der Waals surface area contributed by atoms with Gasteiger partial charge in [-0.1, -0.05) is 24.0 Å². The molecule has 2 rings (SSSR count). The highest BCUT2D eigenvalue weighted by Crippen LogP contribution is 2.14. The quantitative estimate of drug-likeness (QED) is 0.748. The molecule has 1 unspecified atom stereocenters. The molecule has 0 saturated heterocycles. The van der Waals surface area contributed by atoms with Crippen LogP contribution in [-0.4, -0.2) is 27.8 Å². The van der Waals surface area contributed by atoms with Crippen molar-refractivity contribution in [2.45, 2.75) is 19.9 Å². The van der Waals surface area contributed by atoms with Crippen molar-refractivity contribution in [3.05, 3.63) is 52.8 Å². The Labute approximate surface area is 123 Å². The van der Waals surface area contributed by atoms with Crippen molar-refractivity contribution in [2.24, 2.45) is 0 Å². The molecule has 0 radical (unpaired) electrons. The van der Waals surface area contributed by atoms with Gasteiger partial charge in [-0.3, -0.25) is 9.89 Å². The molecule has 0 fully saturated rings. The van der Waals surface area contributed by atoms with Crippen LogP contribution in [0.4, 0.5) is 0 Å². The molecule has 1 heterocycles. The number of hydrogen-bond acceptors (Lipinski definition) is 3. The maximum Gasteiger partial charge on any atom is 0.255 e. The summed E-state index contributed by atoms with van der Waals surface area (Å²) in [6.07, 6.45) is 1.52. The van der Waals surface area contributed by atoms with Crippen molar-refractivity contribution in [3.63, 3.8) is 0 Å². The molecule has 1 aromatic heterocycles. The van der Waals surface area contributed by atoms with Crippen molar-refractivity contribution >= 4 is 5.91 Å². The van der Waals surface area contributed by atoms with Gasteiger partial charge in [0, 0.05) is 11.3 Å². The number of aromatic amines is 1. The van der Waals surface area contributed by atoms with Gasteiger partial charge in [0.1, 0.15) is 6.61 Å². The normalized spacial score (nSPS) is 11.4. The van der Waals surface area contributed by atoms with Crippen LogP contribution >= 0.6 is 0 Å². The van der Waals surface area contributed by atoms with E-state index in [0.717, 1.165) is 16.8 Å². The van der Waals surface area contributed by atoms with Gasteiger partial charge in [0.05, 0.1) is 17.8 Å². The van der Waals surface area contributed by atoms with E-state index in [-0.39, 0.29) is 18.6 Å². The first kappa shape index (κ1) is 14.8. The van der Waals surface area contributed by atoms with E-state index < -0.39 is 0 Å². The molecular formula is C16H17N3O2. The summed E-state index contributed by atoms with van der Waals surface area (Å²) < 4.78 is 0. The van der Waals surface area contributed by atoms with Crippen LogP contribution < -0.4 is 5.32 Å². The number of aliphatic hydroxyl groups is 1. The van der Waals surface area contributed by atoms with E-state index in [2.05, 4.69) is 27.4 Å². The number of benzene rings is 1. The summed E-state index contributed by atoms with van der Waals surface area (Å²) in [5.41, 5.74) is 3.11. The van der Waals surface area contributed by atoms with E-state index >= 15 is 0 Å². The Balaban J connectivity index is 2.05. The third-order valence-electron chi connectivity index (χ3n) is 3.14. The second-order valence-electron chi connectivity index (χ2n) is 4.69. The van der Waals surface area contributed by atoms with Crippen molar-refractivity contribution in [1.82, 2.24) is 15.5 Å². The third kappa shape index (κ3) is 3.71. The lowest BCUT2D eigenvalue weighted by molar-refractivity contribution is 0.0939. The molecule has 1 amide bonds. The van der Waals surface area contributed by atoms with E-state index in [0.29, 0.717) is 5.56 Å². The number of aryl methyl sites for hydroxylation is 1. The van der Waals surface area contributed by atoms with Crippen LogP contribution in [0.15, 0.2) is 30.5 Å². The SMILES string of the molecule is Cc1[nH]ncc1C(=O)NC(C)c1ccc(C#CCO)cc1. The summed E-state index contributed by atoms with van der Waals surface area (Å²) in [6.45, 7) is 3.57. The molecule has 0 aliphatic heterocycles. The summed E-state index contributed by atoms with van der Waals surface area (Å²) in [5, 5.41) is 18.2. The Hall–Kier alpha value is -2.58. The van der Waals surface area contributed by atoms with Crippen LogP contribution in [0, 0.1) is 18.8 Å².